The number of hydrogen-bond acceptors (Lipinski definition) is 4. The third kappa shape index (κ3) is 8.76. The summed E-state index contributed by atoms with van der Waals surface area (Å²) in [6.07, 6.45) is 10.0. The SMILES string of the molecule is C=CS[C@H](C)CC.CCC/C=C\C(C)C(O)N[C@H]1CN2CCC1CC2.[HH]. The van der Waals surface area contributed by atoms with Gasteiger partial charge in [-0.05, 0) is 50.1 Å². The first-order chi connectivity index (χ1) is 12.0. The van der Waals surface area contributed by atoms with Gasteiger partial charge in [-0.15, -0.1) is 11.8 Å². The van der Waals surface area contributed by atoms with Crippen LogP contribution in [0.25, 0.3) is 0 Å². The van der Waals surface area contributed by atoms with Crippen LogP contribution in [0, 0.1) is 11.8 Å². The summed E-state index contributed by atoms with van der Waals surface area (Å²) in [6, 6.07) is 0.490. The summed E-state index contributed by atoms with van der Waals surface area (Å²) in [7, 11) is 0. The first kappa shape index (κ1) is 22.8. The number of nitrogens with one attached hydrogen (secondary N) is 1. The first-order valence-electron chi connectivity index (χ1n) is 10.1. The number of hydrogen-bond donors (Lipinski definition) is 2. The van der Waals surface area contributed by atoms with Gasteiger partial charge >= 0.3 is 0 Å². The summed E-state index contributed by atoms with van der Waals surface area (Å²) in [5.74, 6) is 0.975. The van der Waals surface area contributed by atoms with Gasteiger partial charge in [0.05, 0.1) is 0 Å². The fourth-order valence-electron chi connectivity index (χ4n) is 3.37. The average Bonchev–Trinajstić information content (AvgIpc) is 2.63. The summed E-state index contributed by atoms with van der Waals surface area (Å²) in [5, 5.41) is 16.3. The topological polar surface area (TPSA) is 35.5 Å². The molecule has 3 rings (SSSR count). The minimum atomic E-state index is -0.399. The van der Waals surface area contributed by atoms with Crippen LogP contribution >= 0.6 is 11.8 Å². The molecular formula is C21H42N2OS. The zero-order chi connectivity index (χ0) is 18.7. The molecule has 2 unspecified atom stereocenters. The predicted molar refractivity (Wildman–Crippen MR) is 115 cm³/mol. The van der Waals surface area contributed by atoms with E-state index >= 15 is 0 Å². The number of fused-ring (bicyclic) bond motifs is 3. The second-order valence-electron chi connectivity index (χ2n) is 7.45. The van der Waals surface area contributed by atoms with E-state index in [-0.39, 0.29) is 7.34 Å². The highest BCUT2D eigenvalue weighted by atomic mass is 32.2. The van der Waals surface area contributed by atoms with Crippen LogP contribution in [-0.4, -0.2) is 47.2 Å². The molecule has 0 amide bonds. The molecule has 0 aromatic carbocycles. The number of rotatable bonds is 9. The van der Waals surface area contributed by atoms with E-state index < -0.39 is 6.23 Å². The van der Waals surface area contributed by atoms with Crippen LogP contribution < -0.4 is 5.32 Å². The molecule has 3 saturated heterocycles. The van der Waals surface area contributed by atoms with Crippen LogP contribution in [0.15, 0.2) is 24.1 Å². The van der Waals surface area contributed by atoms with Gasteiger partial charge in [-0.2, -0.15) is 0 Å². The zero-order valence-corrected chi connectivity index (χ0v) is 17.6. The number of piperidine rings is 3. The molecule has 0 aliphatic carbocycles. The monoisotopic (exact) mass is 370 g/mol. The van der Waals surface area contributed by atoms with Crippen LogP contribution in [0.1, 0.15) is 61.2 Å². The Kier molecular flexibility index (Phi) is 11.8. The van der Waals surface area contributed by atoms with E-state index in [1.54, 1.807) is 11.8 Å². The van der Waals surface area contributed by atoms with Gasteiger partial charge < -0.3 is 10.0 Å². The standard InChI is InChI=1S/C15H28N2O.C6H12S.H2/c1-3-4-5-6-12(2)15(18)16-14-11-17-9-7-13(14)8-10-17;1-4-6(3)7-5-2;/h5-6,12-16,18H,3-4,7-11H2,1-2H3;5-6H,2,4H2,1,3H3;1H/b6-5-;;/t12?,14-,15?;6-;/m01./s1. The fraction of sp³-hybridized carbons (Fsp3) is 0.810. The van der Waals surface area contributed by atoms with Gasteiger partial charge in [0.1, 0.15) is 6.23 Å². The molecule has 148 valence electrons. The Morgan fingerprint density at radius 3 is 2.44 bits per heavy atom. The average molecular weight is 371 g/mol. The number of aliphatic hydroxyl groups is 1. The van der Waals surface area contributed by atoms with Crippen molar-refractivity contribution in [2.75, 3.05) is 19.6 Å². The molecule has 0 aromatic heterocycles. The molecule has 3 fully saturated rings. The highest BCUT2D eigenvalue weighted by Gasteiger charge is 2.35. The minimum absolute atomic E-state index is 0. The Morgan fingerprint density at radius 2 is 2.00 bits per heavy atom. The molecule has 0 saturated carbocycles. The van der Waals surface area contributed by atoms with Crippen LogP contribution in [0.2, 0.25) is 0 Å². The third-order valence-corrected chi connectivity index (χ3v) is 6.33. The second-order valence-corrected chi connectivity index (χ2v) is 8.86. The minimum Gasteiger partial charge on any atom is -0.378 e. The van der Waals surface area contributed by atoms with Crippen molar-refractivity contribution in [3.05, 3.63) is 24.1 Å². The molecule has 3 aliphatic heterocycles. The van der Waals surface area contributed by atoms with Crippen molar-refractivity contribution in [1.29, 1.82) is 0 Å². The lowest BCUT2D eigenvalue weighted by molar-refractivity contribution is 0.0192. The Bertz CT molecular complexity index is 386. The van der Waals surface area contributed by atoms with Crippen molar-refractivity contribution in [1.82, 2.24) is 10.2 Å². The smallest absolute Gasteiger partial charge is 0.111 e. The van der Waals surface area contributed by atoms with Crippen LogP contribution in [0.5, 0.6) is 0 Å². The fourth-order valence-corrected chi connectivity index (χ4v) is 3.89. The molecule has 25 heavy (non-hydrogen) atoms. The number of nitrogens with zero attached hydrogens (tertiary/aromatic N) is 1. The van der Waals surface area contributed by atoms with E-state index in [0.717, 1.165) is 24.1 Å². The molecule has 0 spiro atoms. The van der Waals surface area contributed by atoms with Crippen molar-refractivity contribution in [2.24, 2.45) is 11.8 Å². The summed E-state index contributed by atoms with van der Waals surface area (Å²) >= 11 is 1.80. The van der Waals surface area contributed by atoms with E-state index in [1.165, 1.54) is 38.8 Å². The van der Waals surface area contributed by atoms with Crippen LogP contribution in [0.3, 0.4) is 0 Å². The number of thioether (sulfide) groups is 1. The predicted octanol–water partition coefficient (Wildman–Crippen LogP) is 4.89. The maximum Gasteiger partial charge on any atom is 0.111 e. The molecule has 3 nitrogen and oxygen atoms in total. The number of aliphatic hydroxyl groups excluding tert-OH is 1. The zero-order valence-electron chi connectivity index (χ0n) is 16.8. The lowest BCUT2D eigenvalue weighted by Gasteiger charge is -2.46. The summed E-state index contributed by atoms with van der Waals surface area (Å²) in [5.41, 5.74) is 0. The summed E-state index contributed by atoms with van der Waals surface area (Å²) < 4.78 is 0. The third-order valence-electron chi connectivity index (χ3n) is 5.34. The van der Waals surface area contributed by atoms with E-state index in [0.29, 0.717) is 6.04 Å². The molecular weight excluding hydrogens is 328 g/mol. The Labute approximate surface area is 161 Å². The van der Waals surface area contributed by atoms with E-state index in [9.17, 15) is 5.11 Å². The number of allylic oxidation sites excluding steroid dienone is 1. The Balaban J connectivity index is 0.000000673. The highest BCUT2D eigenvalue weighted by molar-refractivity contribution is 8.02. The number of unbranched alkanes of at least 4 members (excludes halogenated alkanes) is 1. The molecule has 4 atom stereocenters. The largest absolute Gasteiger partial charge is 0.378 e. The highest BCUT2D eigenvalue weighted by Crippen LogP contribution is 2.28. The van der Waals surface area contributed by atoms with E-state index in [4.69, 9.17) is 0 Å². The molecule has 0 radical (unpaired) electrons. The Morgan fingerprint density at radius 1 is 1.32 bits per heavy atom. The molecule has 3 heterocycles. The maximum absolute atomic E-state index is 10.2. The van der Waals surface area contributed by atoms with Gasteiger partial charge in [0.25, 0.3) is 0 Å². The maximum atomic E-state index is 10.2. The molecule has 2 bridgehead atoms. The van der Waals surface area contributed by atoms with Crippen molar-refractivity contribution in [2.45, 2.75) is 77.3 Å². The van der Waals surface area contributed by atoms with Crippen LogP contribution in [0.4, 0.5) is 0 Å². The van der Waals surface area contributed by atoms with Gasteiger partial charge in [0, 0.05) is 25.2 Å². The van der Waals surface area contributed by atoms with Crippen molar-refractivity contribution in [3.8, 4) is 0 Å². The van der Waals surface area contributed by atoms with E-state index in [2.05, 4.69) is 56.6 Å². The quantitative estimate of drug-likeness (QED) is 0.447. The normalized spacial score (nSPS) is 28.9. The molecule has 4 heteroatoms. The van der Waals surface area contributed by atoms with Gasteiger partial charge in [-0.1, -0.05) is 52.8 Å². The summed E-state index contributed by atoms with van der Waals surface area (Å²) in [4.78, 5) is 2.52. The van der Waals surface area contributed by atoms with Crippen molar-refractivity contribution in [3.63, 3.8) is 0 Å². The lowest BCUT2D eigenvalue weighted by atomic mass is 9.83. The molecule has 0 aromatic rings. The summed E-state index contributed by atoms with van der Waals surface area (Å²) in [6.45, 7) is 15.9. The van der Waals surface area contributed by atoms with Gasteiger partial charge in [0.15, 0.2) is 0 Å². The van der Waals surface area contributed by atoms with E-state index in [1.807, 2.05) is 5.41 Å². The van der Waals surface area contributed by atoms with Gasteiger partial charge in [-0.3, -0.25) is 5.32 Å². The van der Waals surface area contributed by atoms with Gasteiger partial charge in [0.2, 0.25) is 0 Å². The van der Waals surface area contributed by atoms with Gasteiger partial charge in [-0.25, -0.2) is 0 Å². The molecule has 3 aliphatic rings. The van der Waals surface area contributed by atoms with Crippen molar-refractivity contribution >= 4 is 11.8 Å². The molecule has 2 N–H and O–H groups in total. The first-order valence-corrected chi connectivity index (χ1v) is 11.1. The Hall–Kier alpha value is -0.290. The van der Waals surface area contributed by atoms with Crippen molar-refractivity contribution < 1.29 is 6.53 Å². The second kappa shape index (κ2) is 13.0. The lowest BCUT2D eigenvalue weighted by Crippen LogP contribution is -2.58. The van der Waals surface area contributed by atoms with Crippen LogP contribution in [-0.2, 0) is 0 Å².